The van der Waals surface area contributed by atoms with Crippen LogP contribution in [-0.4, -0.2) is 15.9 Å². The molecule has 0 N–H and O–H groups in total. The van der Waals surface area contributed by atoms with Crippen LogP contribution in [0.25, 0.3) is 6.08 Å². The Morgan fingerprint density at radius 1 is 1.12 bits per heavy atom. The number of carbonyl (C=O) groups is 1. The zero-order valence-corrected chi connectivity index (χ0v) is 17.4. The van der Waals surface area contributed by atoms with E-state index in [4.69, 9.17) is 16.3 Å². The van der Waals surface area contributed by atoms with Gasteiger partial charge in [-0.05, 0) is 54.1 Å². The summed E-state index contributed by atoms with van der Waals surface area (Å²) >= 11 is 6.76. The summed E-state index contributed by atoms with van der Waals surface area (Å²) in [4.78, 5) is 26.8. The van der Waals surface area contributed by atoms with Gasteiger partial charge < -0.3 is 4.74 Å². The van der Waals surface area contributed by atoms with Crippen molar-refractivity contribution in [2.45, 2.75) is 16.1 Å². The van der Waals surface area contributed by atoms with Crippen LogP contribution in [0.2, 0.25) is 5.02 Å². The van der Waals surface area contributed by atoms with Gasteiger partial charge in [-0.3, -0.25) is 10.1 Å². The van der Waals surface area contributed by atoms with Crippen molar-refractivity contribution in [3.63, 3.8) is 0 Å². The van der Waals surface area contributed by atoms with Gasteiger partial charge >= 0.3 is 12.1 Å². The lowest BCUT2D eigenvalue weighted by molar-refractivity contribution is -0.384. The second-order valence-corrected chi connectivity index (χ2v) is 7.67. The number of rotatable bonds is 6. The molecule has 0 aliphatic carbocycles. The van der Waals surface area contributed by atoms with Crippen LogP contribution in [0.5, 0.6) is 5.75 Å². The highest BCUT2D eigenvalue weighted by atomic mass is 35.5. The number of non-ortho nitro benzene ring substituents is 1. The molecule has 0 saturated heterocycles. The van der Waals surface area contributed by atoms with Crippen LogP contribution in [0.4, 0.5) is 18.9 Å². The van der Waals surface area contributed by atoms with Crippen molar-refractivity contribution in [1.82, 2.24) is 4.98 Å². The van der Waals surface area contributed by atoms with Gasteiger partial charge in [-0.2, -0.15) is 13.2 Å². The molecule has 0 bridgehead atoms. The van der Waals surface area contributed by atoms with Crippen LogP contribution in [0.3, 0.4) is 0 Å². The lowest BCUT2D eigenvalue weighted by Gasteiger charge is -2.08. The van der Waals surface area contributed by atoms with Crippen molar-refractivity contribution in [3.8, 4) is 5.75 Å². The van der Waals surface area contributed by atoms with Crippen molar-refractivity contribution in [3.05, 3.63) is 93.1 Å². The predicted molar refractivity (Wildman–Crippen MR) is 113 cm³/mol. The second kappa shape index (κ2) is 9.84. The molecule has 0 radical (unpaired) electrons. The number of ether oxygens (including phenoxy) is 1. The summed E-state index contributed by atoms with van der Waals surface area (Å²) in [5.74, 6) is -0.478. The minimum absolute atomic E-state index is 0.222. The maximum Gasteiger partial charge on any atom is 0.417 e. The summed E-state index contributed by atoms with van der Waals surface area (Å²) in [6, 6.07) is 12.1. The van der Waals surface area contributed by atoms with Crippen molar-refractivity contribution >= 4 is 41.1 Å². The smallest absolute Gasteiger partial charge is 0.417 e. The minimum Gasteiger partial charge on any atom is -0.423 e. The van der Waals surface area contributed by atoms with Crippen LogP contribution in [0.15, 0.2) is 76.8 Å². The first kappa shape index (κ1) is 23.3. The summed E-state index contributed by atoms with van der Waals surface area (Å²) in [7, 11) is 0. The number of hydrogen-bond donors (Lipinski definition) is 0. The summed E-state index contributed by atoms with van der Waals surface area (Å²) in [6.45, 7) is 0. The monoisotopic (exact) mass is 480 g/mol. The van der Waals surface area contributed by atoms with Gasteiger partial charge in [0.1, 0.15) is 10.8 Å². The van der Waals surface area contributed by atoms with Crippen molar-refractivity contribution < 1.29 is 27.6 Å². The third-order valence-electron chi connectivity index (χ3n) is 3.91. The molecule has 0 amide bonds. The molecule has 0 saturated carbocycles. The van der Waals surface area contributed by atoms with Crippen LogP contribution in [0, 0.1) is 10.1 Å². The Bertz CT molecular complexity index is 1170. The summed E-state index contributed by atoms with van der Waals surface area (Å²) in [5.41, 5.74) is -0.824. The van der Waals surface area contributed by atoms with E-state index in [1.54, 1.807) is 12.1 Å². The van der Waals surface area contributed by atoms with Crippen molar-refractivity contribution in [1.29, 1.82) is 0 Å². The van der Waals surface area contributed by atoms with Gasteiger partial charge in [-0.15, -0.1) is 0 Å². The van der Waals surface area contributed by atoms with E-state index >= 15 is 0 Å². The van der Waals surface area contributed by atoms with E-state index in [0.717, 1.165) is 23.9 Å². The molecule has 164 valence electrons. The molecule has 0 spiro atoms. The molecule has 0 aliphatic rings. The molecule has 11 heteroatoms. The zero-order valence-electron chi connectivity index (χ0n) is 15.9. The highest BCUT2D eigenvalue weighted by Gasteiger charge is 2.30. The Hall–Kier alpha value is -3.37. The largest absolute Gasteiger partial charge is 0.423 e. The first-order chi connectivity index (χ1) is 15.1. The number of aromatic nitrogens is 1. The number of esters is 1. The average molecular weight is 481 g/mol. The normalized spacial score (nSPS) is 11.5. The molecule has 1 aromatic heterocycles. The number of nitro groups is 1. The lowest BCUT2D eigenvalue weighted by atomic mass is 10.2. The lowest BCUT2D eigenvalue weighted by Crippen LogP contribution is -2.05. The number of pyridine rings is 1. The zero-order chi connectivity index (χ0) is 23.3. The van der Waals surface area contributed by atoms with Gasteiger partial charge in [0, 0.05) is 34.3 Å². The molecule has 32 heavy (non-hydrogen) atoms. The SMILES string of the molecule is O=C(C=Cc1cc([N+](=O)[O-])ccc1Sc1ccc(C(F)(F)F)cn1)Oc1ccc(Cl)cc1. The summed E-state index contributed by atoms with van der Waals surface area (Å²) < 4.78 is 43.3. The number of benzene rings is 2. The van der Waals surface area contributed by atoms with E-state index in [1.165, 1.54) is 42.5 Å². The Balaban J connectivity index is 1.82. The molecule has 0 atom stereocenters. The fourth-order valence-corrected chi connectivity index (χ4v) is 3.38. The Kier molecular flexibility index (Phi) is 7.16. The molecule has 0 aliphatic heterocycles. The fraction of sp³-hybridized carbons (Fsp3) is 0.0476. The van der Waals surface area contributed by atoms with Crippen LogP contribution in [-0.2, 0) is 11.0 Å². The Morgan fingerprint density at radius 3 is 2.44 bits per heavy atom. The minimum atomic E-state index is -4.51. The van der Waals surface area contributed by atoms with E-state index in [0.29, 0.717) is 21.7 Å². The molecule has 0 unspecified atom stereocenters. The molecule has 3 rings (SSSR count). The molecular formula is C21H12ClF3N2O4S. The van der Waals surface area contributed by atoms with Gasteiger partial charge in [0.15, 0.2) is 0 Å². The first-order valence-electron chi connectivity index (χ1n) is 8.77. The van der Waals surface area contributed by atoms with Crippen LogP contribution >= 0.6 is 23.4 Å². The van der Waals surface area contributed by atoms with E-state index in [-0.39, 0.29) is 16.5 Å². The Labute approximate surface area is 188 Å². The van der Waals surface area contributed by atoms with Gasteiger partial charge in [0.05, 0.1) is 10.5 Å². The number of alkyl halides is 3. The molecule has 6 nitrogen and oxygen atoms in total. The predicted octanol–water partition coefficient (Wildman–Crippen LogP) is 6.43. The van der Waals surface area contributed by atoms with E-state index in [2.05, 4.69) is 4.98 Å². The summed E-state index contributed by atoms with van der Waals surface area (Å²) in [5, 5.41) is 11.8. The van der Waals surface area contributed by atoms with Gasteiger partial charge in [0.25, 0.3) is 5.69 Å². The standard InChI is InChI=1S/C21H12ClF3N2O4S/c22-15-3-6-17(7-4-15)31-20(28)10-1-13-11-16(27(29)30)5-8-18(13)32-19-9-2-14(12-26-19)21(23,24)25/h1-12H. The van der Waals surface area contributed by atoms with Gasteiger partial charge in [-0.25, -0.2) is 9.78 Å². The van der Waals surface area contributed by atoms with Gasteiger partial charge in [-0.1, -0.05) is 23.4 Å². The average Bonchev–Trinajstić information content (AvgIpc) is 2.74. The Morgan fingerprint density at radius 2 is 1.84 bits per heavy atom. The second-order valence-electron chi connectivity index (χ2n) is 6.17. The number of halogens is 4. The molecule has 2 aromatic carbocycles. The van der Waals surface area contributed by atoms with E-state index in [1.807, 2.05) is 0 Å². The van der Waals surface area contributed by atoms with Gasteiger partial charge in [0.2, 0.25) is 0 Å². The number of hydrogen-bond acceptors (Lipinski definition) is 6. The van der Waals surface area contributed by atoms with E-state index in [9.17, 15) is 28.1 Å². The third-order valence-corrected chi connectivity index (χ3v) is 5.21. The maximum atomic E-state index is 12.7. The van der Waals surface area contributed by atoms with Crippen LogP contribution < -0.4 is 4.74 Å². The molecule has 0 fully saturated rings. The highest BCUT2D eigenvalue weighted by Crippen LogP contribution is 2.34. The number of carbonyl (C=O) groups excluding carboxylic acids is 1. The molecule has 3 aromatic rings. The van der Waals surface area contributed by atoms with Crippen LogP contribution in [0.1, 0.15) is 11.1 Å². The van der Waals surface area contributed by atoms with Crippen molar-refractivity contribution in [2.24, 2.45) is 0 Å². The fourth-order valence-electron chi connectivity index (χ4n) is 2.40. The molecular weight excluding hydrogens is 469 g/mol. The van der Waals surface area contributed by atoms with Crippen molar-refractivity contribution in [2.75, 3.05) is 0 Å². The molecule has 1 heterocycles. The topological polar surface area (TPSA) is 82.3 Å². The quantitative estimate of drug-likeness (QED) is 0.133. The number of nitro benzene ring substituents is 1. The third kappa shape index (κ3) is 6.32. The maximum absolute atomic E-state index is 12.7. The van der Waals surface area contributed by atoms with E-state index < -0.39 is 22.6 Å². The first-order valence-corrected chi connectivity index (χ1v) is 9.96. The summed E-state index contributed by atoms with van der Waals surface area (Å²) in [6.07, 6.45) is -1.41. The highest BCUT2D eigenvalue weighted by molar-refractivity contribution is 7.99. The number of nitrogens with zero attached hydrogens (tertiary/aromatic N) is 2.